The topological polar surface area (TPSA) is 58.9 Å². The third-order valence-electron chi connectivity index (χ3n) is 3.09. The van der Waals surface area contributed by atoms with Crippen molar-refractivity contribution in [2.75, 3.05) is 0 Å². The van der Waals surface area contributed by atoms with Gasteiger partial charge in [0, 0.05) is 35.9 Å². The quantitative estimate of drug-likeness (QED) is 0.789. The van der Waals surface area contributed by atoms with Gasteiger partial charge in [0.1, 0.15) is 0 Å². The molecule has 98 valence electrons. The second kappa shape index (κ2) is 5.59. The molecule has 3 rings (SSSR count). The molecule has 3 heterocycles. The highest BCUT2D eigenvalue weighted by Gasteiger charge is 2.08. The molecule has 3 aromatic rings. The maximum absolute atomic E-state index is 9.56. The molecular formula is C16H13N3O. The lowest BCUT2D eigenvalue weighted by Gasteiger charge is -2.09. The average molecular weight is 263 g/mol. The van der Waals surface area contributed by atoms with Crippen molar-refractivity contribution in [3.8, 4) is 22.4 Å². The average Bonchev–Trinajstić information content (AvgIpc) is 2.56. The van der Waals surface area contributed by atoms with Crippen LogP contribution < -0.4 is 0 Å². The number of hydrogen-bond acceptors (Lipinski definition) is 4. The third-order valence-corrected chi connectivity index (χ3v) is 3.09. The molecule has 0 spiro atoms. The van der Waals surface area contributed by atoms with Gasteiger partial charge in [-0.3, -0.25) is 9.97 Å². The highest BCUT2D eigenvalue weighted by Crippen LogP contribution is 2.25. The molecule has 0 aliphatic heterocycles. The lowest BCUT2D eigenvalue weighted by Crippen LogP contribution is -1.96. The number of rotatable bonds is 3. The van der Waals surface area contributed by atoms with Crippen LogP contribution in [0.4, 0.5) is 0 Å². The minimum absolute atomic E-state index is 0.101. The first kappa shape index (κ1) is 12.4. The summed E-state index contributed by atoms with van der Waals surface area (Å²) in [5, 5.41) is 9.56. The summed E-state index contributed by atoms with van der Waals surface area (Å²) < 4.78 is 0. The van der Waals surface area contributed by atoms with Crippen LogP contribution in [0.3, 0.4) is 0 Å². The van der Waals surface area contributed by atoms with Crippen LogP contribution in [0.2, 0.25) is 0 Å². The smallest absolute Gasteiger partial charge is 0.0859 e. The van der Waals surface area contributed by atoms with Crippen LogP contribution >= 0.6 is 0 Å². The van der Waals surface area contributed by atoms with E-state index in [1.807, 2.05) is 36.4 Å². The number of aliphatic hydroxyl groups excluding tert-OH is 1. The summed E-state index contributed by atoms with van der Waals surface area (Å²) in [4.78, 5) is 12.5. The van der Waals surface area contributed by atoms with Crippen molar-refractivity contribution in [1.82, 2.24) is 15.0 Å². The first-order valence-electron chi connectivity index (χ1n) is 6.30. The van der Waals surface area contributed by atoms with Gasteiger partial charge < -0.3 is 5.11 Å². The van der Waals surface area contributed by atoms with Crippen LogP contribution in [0, 0.1) is 0 Å². The molecule has 0 aliphatic rings. The number of nitrogens with zero attached hydrogens (tertiary/aromatic N) is 3. The van der Waals surface area contributed by atoms with E-state index in [2.05, 4.69) is 15.0 Å². The Hall–Kier alpha value is -2.59. The van der Waals surface area contributed by atoms with Crippen LogP contribution in [0.5, 0.6) is 0 Å². The summed E-state index contributed by atoms with van der Waals surface area (Å²) in [6.45, 7) is -0.101. The first-order valence-corrected chi connectivity index (χ1v) is 6.30. The van der Waals surface area contributed by atoms with Gasteiger partial charge >= 0.3 is 0 Å². The zero-order valence-corrected chi connectivity index (χ0v) is 10.8. The fourth-order valence-electron chi connectivity index (χ4n) is 2.10. The Bertz CT molecular complexity index is 699. The Labute approximate surface area is 116 Å². The molecule has 0 amide bonds. The van der Waals surface area contributed by atoms with E-state index in [1.54, 1.807) is 24.8 Å². The summed E-state index contributed by atoms with van der Waals surface area (Å²) in [5.74, 6) is 0. The van der Waals surface area contributed by atoms with Gasteiger partial charge in [-0.15, -0.1) is 0 Å². The van der Waals surface area contributed by atoms with E-state index in [4.69, 9.17) is 0 Å². The number of hydrogen-bond donors (Lipinski definition) is 1. The van der Waals surface area contributed by atoms with Gasteiger partial charge in [-0.2, -0.15) is 0 Å². The van der Waals surface area contributed by atoms with Crippen molar-refractivity contribution in [3.63, 3.8) is 0 Å². The van der Waals surface area contributed by atoms with E-state index in [-0.39, 0.29) is 6.61 Å². The van der Waals surface area contributed by atoms with E-state index in [9.17, 15) is 5.11 Å². The van der Waals surface area contributed by atoms with E-state index in [0.29, 0.717) is 5.69 Å². The molecule has 0 atom stereocenters. The summed E-state index contributed by atoms with van der Waals surface area (Å²) >= 11 is 0. The molecule has 0 bridgehead atoms. The van der Waals surface area contributed by atoms with E-state index in [1.165, 1.54) is 0 Å². The second-order valence-electron chi connectivity index (χ2n) is 4.32. The maximum atomic E-state index is 9.56. The van der Waals surface area contributed by atoms with Gasteiger partial charge in [-0.25, -0.2) is 4.98 Å². The Balaban J connectivity index is 2.07. The molecule has 3 aromatic heterocycles. The van der Waals surface area contributed by atoms with Crippen LogP contribution in [0.1, 0.15) is 5.69 Å². The van der Waals surface area contributed by atoms with Crippen molar-refractivity contribution in [1.29, 1.82) is 0 Å². The fraction of sp³-hybridized carbons (Fsp3) is 0.0625. The largest absolute Gasteiger partial charge is 0.390 e. The molecule has 20 heavy (non-hydrogen) atoms. The number of aromatic nitrogens is 3. The van der Waals surface area contributed by atoms with Crippen molar-refractivity contribution in [3.05, 3.63) is 66.9 Å². The molecule has 1 N–H and O–H groups in total. The van der Waals surface area contributed by atoms with Gasteiger partial charge in [-0.05, 0) is 35.9 Å². The molecule has 0 saturated carbocycles. The fourth-order valence-corrected chi connectivity index (χ4v) is 2.10. The van der Waals surface area contributed by atoms with Crippen molar-refractivity contribution in [2.24, 2.45) is 0 Å². The van der Waals surface area contributed by atoms with Gasteiger partial charge in [0.25, 0.3) is 0 Å². The zero-order valence-electron chi connectivity index (χ0n) is 10.8. The van der Waals surface area contributed by atoms with Gasteiger partial charge in [0.15, 0.2) is 0 Å². The molecular weight excluding hydrogens is 250 g/mol. The van der Waals surface area contributed by atoms with E-state index < -0.39 is 0 Å². The van der Waals surface area contributed by atoms with Crippen molar-refractivity contribution >= 4 is 0 Å². The molecule has 0 fully saturated rings. The standard InChI is InChI=1S/C16H13N3O/c20-11-16-14(12-3-7-17-8-4-12)1-2-15(19-16)13-5-9-18-10-6-13/h1-10,20H,11H2. The predicted octanol–water partition coefficient (Wildman–Crippen LogP) is 2.70. The van der Waals surface area contributed by atoms with Gasteiger partial charge in [0.05, 0.1) is 18.0 Å². The summed E-state index contributed by atoms with van der Waals surface area (Å²) in [6, 6.07) is 11.5. The van der Waals surface area contributed by atoms with Crippen LogP contribution in [0.15, 0.2) is 61.2 Å². The van der Waals surface area contributed by atoms with Gasteiger partial charge in [-0.1, -0.05) is 6.07 Å². The molecule has 0 radical (unpaired) electrons. The highest BCUT2D eigenvalue weighted by atomic mass is 16.3. The molecule has 0 unspecified atom stereocenters. The first-order chi connectivity index (χ1) is 9.88. The summed E-state index contributed by atoms with van der Waals surface area (Å²) in [5.41, 5.74) is 4.39. The number of pyridine rings is 3. The minimum Gasteiger partial charge on any atom is -0.390 e. The van der Waals surface area contributed by atoms with E-state index >= 15 is 0 Å². The van der Waals surface area contributed by atoms with Crippen molar-refractivity contribution < 1.29 is 5.11 Å². The van der Waals surface area contributed by atoms with Crippen LogP contribution in [-0.4, -0.2) is 20.1 Å². The number of aliphatic hydroxyl groups is 1. The highest BCUT2D eigenvalue weighted by molar-refractivity contribution is 5.69. The molecule has 4 heteroatoms. The second-order valence-corrected chi connectivity index (χ2v) is 4.32. The summed E-state index contributed by atoms with van der Waals surface area (Å²) in [7, 11) is 0. The zero-order chi connectivity index (χ0) is 13.8. The third kappa shape index (κ3) is 2.41. The van der Waals surface area contributed by atoms with Crippen LogP contribution in [-0.2, 0) is 6.61 Å². The van der Waals surface area contributed by atoms with Gasteiger partial charge in [0.2, 0.25) is 0 Å². The monoisotopic (exact) mass is 263 g/mol. The molecule has 0 aromatic carbocycles. The molecule has 4 nitrogen and oxygen atoms in total. The lowest BCUT2D eigenvalue weighted by molar-refractivity contribution is 0.277. The van der Waals surface area contributed by atoms with Crippen molar-refractivity contribution in [2.45, 2.75) is 6.61 Å². The Morgan fingerprint density at radius 1 is 0.750 bits per heavy atom. The minimum atomic E-state index is -0.101. The van der Waals surface area contributed by atoms with Crippen LogP contribution in [0.25, 0.3) is 22.4 Å². The molecule has 0 saturated heterocycles. The predicted molar refractivity (Wildman–Crippen MR) is 76.6 cm³/mol. The Morgan fingerprint density at radius 2 is 1.35 bits per heavy atom. The Morgan fingerprint density at radius 3 is 1.95 bits per heavy atom. The SMILES string of the molecule is OCc1nc(-c2ccncc2)ccc1-c1ccncc1. The maximum Gasteiger partial charge on any atom is 0.0859 e. The normalized spacial score (nSPS) is 10.4. The molecule has 0 aliphatic carbocycles. The Kier molecular flexibility index (Phi) is 3.48. The summed E-state index contributed by atoms with van der Waals surface area (Å²) in [6.07, 6.45) is 6.92. The van der Waals surface area contributed by atoms with E-state index in [0.717, 1.165) is 22.4 Å². The lowest BCUT2D eigenvalue weighted by atomic mass is 10.0.